The van der Waals surface area contributed by atoms with Crippen LogP contribution in [0, 0.1) is 5.92 Å². The Kier molecular flexibility index (Phi) is 5.49. The number of hydrogen-bond donors (Lipinski definition) is 1. The van der Waals surface area contributed by atoms with Gasteiger partial charge in [-0.25, -0.2) is 8.42 Å². The van der Waals surface area contributed by atoms with E-state index in [1.807, 2.05) is 25.5 Å². The zero-order valence-corrected chi connectivity index (χ0v) is 14.7. The Bertz CT molecular complexity index is 642. The summed E-state index contributed by atoms with van der Waals surface area (Å²) in [4.78, 5) is 11.8. The molecule has 9 heteroatoms. The summed E-state index contributed by atoms with van der Waals surface area (Å²) in [5, 5.41) is 11.5. The molecule has 124 valence electrons. The van der Waals surface area contributed by atoms with Crippen LogP contribution in [0.25, 0.3) is 0 Å². The zero-order valence-electron chi connectivity index (χ0n) is 13.1. The minimum atomic E-state index is -2.87. The van der Waals surface area contributed by atoms with E-state index in [4.69, 9.17) is 0 Å². The van der Waals surface area contributed by atoms with Gasteiger partial charge in [-0.15, -0.1) is 10.2 Å². The van der Waals surface area contributed by atoms with E-state index in [-0.39, 0.29) is 28.6 Å². The summed E-state index contributed by atoms with van der Waals surface area (Å²) in [7, 11) is -1.02. The molecular weight excluding hydrogens is 324 g/mol. The number of sulfone groups is 1. The highest BCUT2D eigenvalue weighted by molar-refractivity contribution is 8.00. The fourth-order valence-corrected chi connectivity index (χ4v) is 5.17. The van der Waals surface area contributed by atoms with Crippen molar-refractivity contribution in [1.82, 2.24) is 20.1 Å². The molecule has 0 aromatic carbocycles. The first kappa shape index (κ1) is 17.3. The van der Waals surface area contributed by atoms with Gasteiger partial charge in [-0.2, -0.15) is 0 Å². The average molecular weight is 346 g/mol. The number of nitrogens with one attached hydrogen (secondary N) is 1. The van der Waals surface area contributed by atoms with Gasteiger partial charge in [0.1, 0.15) is 5.82 Å². The van der Waals surface area contributed by atoms with Crippen molar-refractivity contribution in [2.45, 2.75) is 37.1 Å². The number of hydrogen-bond acceptors (Lipinski definition) is 6. The largest absolute Gasteiger partial charge is 0.355 e. The first-order valence-corrected chi connectivity index (χ1v) is 10.1. The van der Waals surface area contributed by atoms with Crippen LogP contribution < -0.4 is 5.32 Å². The summed E-state index contributed by atoms with van der Waals surface area (Å²) < 4.78 is 24.9. The third kappa shape index (κ3) is 4.22. The van der Waals surface area contributed by atoms with Crippen LogP contribution in [0.15, 0.2) is 5.16 Å². The van der Waals surface area contributed by atoms with Crippen LogP contribution in [0.4, 0.5) is 0 Å². The Balaban J connectivity index is 1.99. The first-order chi connectivity index (χ1) is 10.3. The summed E-state index contributed by atoms with van der Waals surface area (Å²) in [6, 6.07) is 0. The molecule has 1 aliphatic heterocycles. The van der Waals surface area contributed by atoms with E-state index in [0.29, 0.717) is 24.5 Å². The van der Waals surface area contributed by atoms with Crippen LogP contribution in [0.3, 0.4) is 0 Å². The van der Waals surface area contributed by atoms with Gasteiger partial charge in [0.2, 0.25) is 5.91 Å². The monoisotopic (exact) mass is 346 g/mol. The van der Waals surface area contributed by atoms with Crippen molar-refractivity contribution in [3.05, 3.63) is 5.82 Å². The smallest absolute Gasteiger partial charge is 0.233 e. The molecule has 0 aliphatic carbocycles. The molecule has 0 unspecified atom stereocenters. The molecule has 2 heterocycles. The SMILES string of the molecule is CCNC(=O)[C@H](C)Sc1nnc(C[C@H]2CCS(=O)(=O)C2)n1C. The number of amides is 1. The molecule has 1 aromatic heterocycles. The molecule has 0 spiro atoms. The highest BCUT2D eigenvalue weighted by atomic mass is 32.2. The van der Waals surface area contributed by atoms with Gasteiger partial charge in [0.25, 0.3) is 0 Å². The predicted molar refractivity (Wildman–Crippen MR) is 85.5 cm³/mol. The molecule has 1 N–H and O–H groups in total. The van der Waals surface area contributed by atoms with Gasteiger partial charge < -0.3 is 9.88 Å². The standard InChI is InChI=1S/C13H22N4O3S2/c1-4-14-12(18)9(2)21-13-16-15-11(17(13)3)7-10-5-6-22(19,20)8-10/h9-10H,4-8H2,1-3H3,(H,14,18)/t9-,10+/m0/s1. The van der Waals surface area contributed by atoms with Crippen molar-refractivity contribution in [1.29, 1.82) is 0 Å². The molecule has 2 rings (SSSR count). The second kappa shape index (κ2) is 6.99. The van der Waals surface area contributed by atoms with E-state index in [0.717, 1.165) is 5.82 Å². The van der Waals surface area contributed by atoms with Crippen LogP contribution in [-0.4, -0.2) is 52.4 Å². The number of carbonyl (C=O) groups excluding carboxylic acids is 1. The lowest BCUT2D eigenvalue weighted by Crippen LogP contribution is -2.30. The topological polar surface area (TPSA) is 94.0 Å². The Morgan fingerprint density at radius 1 is 1.50 bits per heavy atom. The Hall–Kier alpha value is -1.09. The van der Waals surface area contributed by atoms with Crippen molar-refractivity contribution >= 4 is 27.5 Å². The fourth-order valence-electron chi connectivity index (χ4n) is 2.45. The summed E-state index contributed by atoms with van der Waals surface area (Å²) in [6.45, 7) is 4.31. The molecule has 2 atom stereocenters. The number of thioether (sulfide) groups is 1. The fraction of sp³-hybridized carbons (Fsp3) is 0.769. The number of rotatable bonds is 6. The van der Waals surface area contributed by atoms with Crippen LogP contribution >= 0.6 is 11.8 Å². The van der Waals surface area contributed by atoms with Gasteiger partial charge in [0, 0.05) is 20.0 Å². The highest BCUT2D eigenvalue weighted by Crippen LogP contribution is 2.25. The van der Waals surface area contributed by atoms with E-state index in [1.54, 1.807) is 0 Å². The molecular formula is C13H22N4O3S2. The average Bonchev–Trinajstić information content (AvgIpc) is 2.95. The Morgan fingerprint density at radius 2 is 2.23 bits per heavy atom. The second-order valence-electron chi connectivity index (χ2n) is 5.59. The van der Waals surface area contributed by atoms with E-state index in [2.05, 4.69) is 15.5 Å². The maximum atomic E-state index is 11.8. The molecule has 7 nitrogen and oxygen atoms in total. The molecule has 22 heavy (non-hydrogen) atoms. The quantitative estimate of drug-likeness (QED) is 0.750. The van der Waals surface area contributed by atoms with Gasteiger partial charge in [0.05, 0.1) is 16.8 Å². The van der Waals surface area contributed by atoms with Gasteiger partial charge in [0.15, 0.2) is 15.0 Å². The van der Waals surface area contributed by atoms with Crippen LogP contribution in [0.2, 0.25) is 0 Å². The molecule has 1 aromatic rings. The minimum absolute atomic E-state index is 0.0288. The van der Waals surface area contributed by atoms with Crippen LogP contribution in [0.5, 0.6) is 0 Å². The van der Waals surface area contributed by atoms with Crippen molar-refractivity contribution in [3.8, 4) is 0 Å². The first-order valence-electron chi connectivity index (χ1n) is 7.35. The lowest BCUT2D eigenvalue weighted by molar-refractivity contribution is -0.120. The Morgan fingerprint density at radius 3 is 2.82 bits per heavy atom. The third-order valence-corrected chi connectivity index (χ3v) is 6.70. The predicted octanol–water partition coefficient (Wildman–Crippen LogP) is 0.409. The Labute approximate surface area is 135 Å². The van der Waals surface area contributed by atoms with Crippen molar-refractivity contribution in [2.24, 2.45) is 13.0 Å². The third-order valence-electron chi connectivity index (χ3n) is 3.73. The van der Waals surface area contributed by atoms with Crippen LogP contribution in [0.1, 0.15) is 26.1 Å². The van der Waals surface area contributed by atoms with Crippen molar-refractivity contribution < 1.29 is 13.2 Å². The molecule has 1 fully saturated rings. The maximum Gasteiger partial charge on any atom is 0.233 e. The van der Waals surface area contributed by atoms with Gasteiger partial charge in [-0.1, -0.05) is 11.8 Å². The van der Waals surface area contributed by atoms with Gasteiger partial charge >= 0.3 is 0 Å². The lowest BCUT2D eigenvalue weighted by Gasteiger charge is -2.11. The van der Waals surface area contributed by atoms with E-state index in [9.17, 15) is 13.2 Å². The summed E-state index contributed by atoms with van der Waals surface area (Å²) in [5.41, 5.74) is 0. The van der Waals surface area contributed by atoms with Gasteiger partial charge in [-0.3, -0.25) is 4.79 Å². The highest BCUT2D eigenvalue weighted by Gasteiger charge is 2.29. The molecule has 1 amide bonds. The lowest BCUT2D eigenvalue weighted by atomic mass is 10.1. The van der Waals surface area contributed by atoms with Crippen LogP contribution in [-0.2, 0) is 28.1 Å². The number of nitrogens with zero attached hydrogens (tertiary/aromatic N) is 3. The molecule has 0 saturated carbocycles. The summed E-state index contributed by atoms with van der Waals surface area (Å²) >= 11 is 1.36. The van der Waals surface area contributed by atoms with E-state index < -0.39 is 9.84 Å². The molecule has 1 saturated heterocycles. The minimum Gasteiger partial charge on any atom is -0.355 e. The van der Waals surface area contributed by atoms with Crippen molar-refractivity contribution in [3.63, 3.8) is 0 Å². The zero-order chi connectivity index (χ0) is 16.3. The van der Waals surface area contributed by atoms with Crippen molar-refractivity contribution in [2.75, 3.05) is 18.1 Å². The van der Waals surface area contributed by atoms with Gasteiger partial charge in [-0.05, 0) is 26.2 Å². The second-order valence-corrected chi connectivity index (χ2v) is 9.12. The summed E-state index contributed by atoms with van der Waals surface area (Å²) in [5.74, 6) is 1.36. The molecule has 1 aliphatic rings. The number of aromatic nitrogens is 3. The number of carbonyl (C=O) groups is 1. The normalized spacial score (nSPS) is 21.7. The maximum absolute atomic E-state index is 11.8. The van der Waals surface area contributed by atoms with E-state index >= 15 is 0 Å². The summed E-state index contributed by atoms with van der Waals surface area (Å²) in [6.07, 6.45) is 1.30. The molecule has 0 radical (unpaired) electrons. The van der Waals surface area contributed by atoms with E-state index in [1.165, 1.54) is 11.8 Å². The molecule has 0 bridgehead atoms.